The highest BCUT2D eigenvalue weighted by Gasteiger charge is 2.24. The Hall–Kier alpha value is -3.21. The van der Waals surface area contributed by atoms with E-state index in [4.69, 9.17) is 0 Å². The monoisotopic (exact) mass is 387 g/mol. The molecule has 1 aromatic carbocycles. The number of H-pyrrole nitrogens is 1. The fourth-order valence-electron chi connectivity index (χ4n) is 2.96. The minimum Gasteiger partial charge on any atom is -0.312 e. The quantitative estimate of drug-likeness (QED) is 0.678. The Morgan fingerprint density at radius 3 is 2.48 bits per heavy atom. The molecule has 2 N–H and O–H groups in total. The maximum absolute atomic E-state index is 12.8. The van der Waals surface area contributed by atoms with E-state index in [1.807, 2.05) is 0 Å². The van der Waals surface area contributed by atoms with Crippen LogP contribution in [0.25, 0.3) is 5.82 Å². The molecule has 0 spiro atoms. The van der Waals surface area contributed by atoms with Crippen LogP contribution >= 0.6 is 0 Å². The van der Waals surface area contributed by atoms with Gasteiger partial charge in [-0.05, 0) is 37.6 Å². The molecule has 1 aliphatic rings. The van der Waals surface area contributed by atoms with Crippen LogP contribution in [0.5, 0.6) is 0 Å². The average molecular weight is 387 g/mol. The molecule has 1 fully saturated rings. The molecule has 3 heterocycles. The summed E-state index contributed by atoms with van der Waals surface area (Å²) in [6, 6.07) is 6.25. The number of nitrogens with zero attached hydrogens (tertiary/aromatic N) is 5. The van der Waals surface area contributed by atoms with E-state index < -0.39 is 10.0 Å². The summed E-state index contributed by atoms with van der Waals surface area (Å²) in [5.41, 5.74) is 1.57. The number of benzene rings is 1. The molecular weight excluding hydrogens is 370 g/mol. The third-order valence-corrected chi connectivity index (χ3v) is 5.73. The van der Waals surface area contributed by atoms with Crippen LogP contribution in [0.2, 0.25) is 0 Å². The minimum atomic E-state index is -3.84. The molecule has 1 saturated heterocycles. The Kier molecular flexibility index (Phi) is 4.15. The SMILES string of the molecule is Cc1[nH]nc(-n2cnnc2)c1NS(=O)(=O)c1ccc(N2CCCC2=O)cc1. The summed E-state index contributed by atoms with van der Waals surface area (Å²) in [4.78, 5) is 13.6. The first-order valence-electron chi connectivity index (χ1n) is 8.29. The number of hydrogen-bond donors (Lipinski definition) is 2. The van der Waals surface area contributed by atoms with Crippen molar-refractivity contribution in [2.45, 2.75) is 24.7 Å². The first kappa shape index (κ1) is 17.2. The number of sulfonamides is 1. The van der Waals surface area contributed by atoms with E-state index in [1.54, 1.807) is 24.0 Å². The van der Waals surface area contributed by atoms with Crippen LogP contribution in [0, 0.1) is 6.92 Å². The van der Waals surface area contributed by atoms with Crippen molar-refractivity contribution in [1.29, 1.82) is 0 Å². The molecule has 0 unspecified atom stereocenters. The number of hydrogen-bond acceptors (Lipinski definition) is 6. The van der Waals surface area contributed by atoms with Crippen molar-refractivity contribution in [3.8, 4) is 5.82 Å². The molecule has 2 aromatic heterocycles. The zero-order valence-electron chi connectivity index (χ0n) is 14.5. The summed E-state index contributed by atoms with van der Waals surface area (Å²) in [6.45, 7) is 2.36. The van der Waals surface area contributed by atoms with E-state index in [2.05, 4.69) is 25.1 Å². The van der Waals surface area contributed by atoms with Gasteiger partial charge < -0.3 is 4.90 Å². The lowest BCUT2D eigenvalue weighted by atomic mass is 10.3. The van der Waals surface area contributed by atoms with Gasteiger partial charge in [0.1, 0.15) is 18.3 Å². The van der Waals surface area contributed by atoms with E-state index in [-0.39, 0.29) is 10.8 Å². The van der Waals surface area contributed by atoms with Gasteiger partial charge >= 0.3 is 0 Å². The number of rotatable bonds is 5. The second kappa shape index (κ2) is 6.50. The standard InChI is InChI=1S/C16H17N7O3S/c1-11-15(16(20-19-11)22-9-17-18-10-22)21-27(25,26)13-6-4-12(5-7-13)23-8-2-3-14(23)24/h4-7,9-10,21H,2-3,8H2,1H3,(H,19,20). The first-order valence-corrected chi connectivity index (χ1v) is 9.77. The van der Waals surface area contributed by atoms with Gasteiger partial charge in [-0.3, -0.25) is 19.2 Å². The van der Waals surface area contributed by atoms with Crippen LogP contribution in [0.4, 0.5) is 11.4 Å². The van der Waals surface area contributed by atoms with Gasteiger partial charge in [-0.15, -0.1) is 10.2 Å². The fourth-order valence-corrected chi connectivity index (χ4v) is 4.08. The van der Waals surface area contributed by atoms with Gasteiger partial charge in [0.2, 0.25) is 5.91 Å². The van der Waals surface area contributed by atoms with Gasteiger partial charge in [0.05, 0.1) is 10.6 Å². The lowest BCUT2D eigenvalue weighted by molar-refractivity contribution is -0.117. The second-order valence-corrected chi connectivity index (χ2v) is 7.85. The minimum absolute atomic E-state index is 0.0522. The van der Waals surface area contributed by atoms with Gasteiger partial charge in [-0.2, -0.15) is 5.10 Å². The zero-order chi connectivity index (χ0) is 19.0. The number of aromatic amines is 1. The maximum Gasteiger partial charge on any atom is 0.262 e. The highest BCUT2D eigenvalue weighted by atomic mass is 32.2. The third-order valence-electron chi connectivity index (χ3n) is 4.36. The molecule has 4 rings (SSSR count). The van der Waals surface area contributed by atoms with Crippen LogP contribution in [-0.2, 0) is 14.8 Å². The lowest BCUT2D eigenvalue weighted by Gasteiger charge is -2.16. The molecule has 140 valence electrons. The van der Waals surface area contributed by atoms with Crippen molar-refractivity contribution < 1.29 is 13.2 Å². The van der Waals surface area contributed by atoms with Crippen LogP contribution in [0.3, 0.4) is 0 Å². The van der Waals surface area contributed by atoms with Crippen molar-refractivity contribution in [1.82, 2.24) is 25.0 Å². The lowest BCUT2D eigenvalue weighted by Crippen LogP contribution is -2.23. The Morgan fingerprint density at radius 2 is 1.85 bits per heavy atom. The van der Waals surface area contributed by atoms with Crippen molar-refractivity contribution >= 4 is 27.3 Å². The molecule has 11 heteroatoms. The number of aryl methyl sites for hydroxylation is 1. The van der Waals surface area contributed by atoms with Gasteiger partial charge in [0.25, 0.3) is 10.0 Å². The molecule has 1 aliphatic heterocycles. The maximum atomic E-state index is 12.8. The summed E-state index contributed by atoms with van der Waals surface area (Å²) in [6.07, 6.45) is 4.18. The van der Waals surface area contributed by atoms with Crippen LogP contribution in [0.1, 0.15) is 18.5 Å². The third kappa shape index (κ3) is 3.16. The number of carbonyl (C=O) groups excluding carboxylic acids is 1. The summed E-state index contributed by atoms with van der Waals surface area (Å²) >= 11 is 0. The van der Waals surface area contributed by atoms with Crippen molar-refractivity contribution in [2.75, 3.05) is 16.2 Å². The fraction of sp³-hybridized carbons (Fsp3) is 0.250. The molecule has 0 atom stereocenters. The Bertz CT molecular complexity index is 1070. The molecule has 27 heavy (non-hydrogen) atoms. The molecule has 3 aromatic rings. The van der Waals surface area contributed by atoms with E-state index in [1.165, 1.54) is 29.4 Å². The second-order valence-electron chi connectivity index (χ2n) is 6.16. The summed E-state index contributed by atoms with van der Waals surface area (Å²) in [7, 11) is -3.84. The molecule has 1 amide bonds. The van der Waals surface area contributed by atoms with E-state index in [0.717, 1.165) is 6.42 Å². The molecule has 0 saturated carbocycles. The first-order chi connectivity index (χ1) is 13.0. The van der Waals surface area contributed by atoms with Crippen molar-refractivity contribution in [3.63, 3.8) is 0 Å². The van der Waals surface area contributed by atoms with E-state index in [0.29, 0.717) is 35.9 Å². The zero-order valence-corrected chi connectivity index (χ0v) is 15.3. The highest BCUT2D eigenvalue weighted by molar-refractivity contribution is 7.92. The van der Waals surface area contributed by atoms with Gasteiger partial charge in [0, 0.05) is 18.7 Å². The van der Waals surface area contributed by atoms with E-state index in [9.17, 15) is 13.2 Å². The average Bonchev–Trinajstić information content (AvgIpc) is 3.38. The Morgan fingerprint density at radius 1 is 1.15 bits per heavy atom. The molecular formula is C16H17N7O3S. The van der Waals surface area contributed by atoms with Crippen molar-refractivity contribution in [2.24, 2.45) is 0 Å². The predicted octanol–water partition coefficient (Wildman–Crippen LogP) is 1.23. The van der Waals surface area contributed by atoms with Gasteiger partial charge in [-0.25, -0.2) is 8.42 Å². The molecule has 0 aliphatic carbocycles. The number of amides is 1. The van der Waals surface area contributed by atoms with Crippen LogP contribution in [-0.4, -0.2) is 45.8 Å². The number of anilines is 2. The predicted molar refractivity (Wildman–Crippen MR) is 97.1 cm³/mol. The van der Waals surface area contributed by atoms with E-state index >= 15 is 0 Å². The number of nitrogens with one attached hydrogen (secondary N) is 2. The van der Waals surface area contributed by atoms with Gasteiger partial charge in [-0.1, -0.05) is 0 Å². The van der Waals surface area contributed by atoms with Crippen LogP contribution in [0.15, 0.2) is 41.8 Å². The number of carbonyl (C=O) groups is 1. The highest BCUT2D eigenvalue weighted by Crippen LogP contribution is 2.27. The summed E-state index contributed by atoms with van der Waals surface area (Å²) < 4.78 is 29.7. The topological polar surface area (TPSA) is 126 Å². The smallest absolute Gasteiger partial charge is 0.262 e. The Balaban J connectivity index is 1.61. The normalized spacial score (nSPS) is 14.7. The molecule has 0 radical (unpaired) electrons. The summed E-state index contributed by atoms with van der Waals surface area (Å²) in [5, 5.41) is 14.3. The molecule has 10 nitrogen and oxygen atoms in total. The van der Waals surface area contributed by atoms with Crippen molar-refractivity contribution in [3.05, 3.63) is 42.6 Å². The van der Waals surface area contributed by atoms with Gasteiger partial charge in [0.15, 0.2) is 5.82 Å². The number of aromatic nitrogens is 5. The summed E-state index contributed by atoms with van der Waals surface area (Å²) in [5.74, 6) is 0.400. The van der Waals surface area contributed by atoms with Crippen LogP contribution < -0.4 is 9.62 Å². The largest absolute Gasteiger partial charge is 0.312 e. The molecule has 0 bridgehead atoms. The Labute approximate surface area is 155 Å².